The molecule has 0 aromatic heterocycles. The first-order valence-electron chi connectivity index (χ1n) is 5.67. The van der Waals surface area contributed by atoms with Gasteiger partial charge in [0.1, 0.15) is 5.82 Å². The lowest BCUT2D eigenvalue weighted by Crippen LogP contribution is -2.49. The maximum atomic E-state index is 14.0. The summed E-state index contributed by atoms with van der Waals surface area (Å²) in [6.45, 7) is 0. The SMILES string of the molecule is O=C(O)C1(c2cccc(Cl)c2F)CC2(CC2)C1. The Kier molecular flexibility index (Phi) is 2.09. The second-order valence-electron chi connectivity index (χ2n) is 5.34. The molecule has 90 valence electrons. The normalized spacial score (nSPS) is 23.2. The van der Waals surface area contributed by atoms with Crippen molar-refractivity contribution in [2.75, 3.05) is 0 Å². The number of benzene rings is 1. The highest BCUT2D eigenvalue weighted by atomic mass is 35.5. The van der Waals surface area contributed by atoms with Crippen LogP contribution >= 0.6 is 11.6 Å². The molecular formula is C13H12ClFO2. The molecule has 0 unspecified atom stereocenters. The first kappa shape index (κ1) is 11.0. The monoisotopic (exact) mass is 254 g/mol. The van der Waals surface area contributed by atoms with Crippen LogP contribution in [-0.2, 0) is 10.2 Å². The van der Waals surface area contributed by atoms with Crippen LogP contribution < -0.4 is 0 Å². The molecule has 0 atom stereocenters. The number of rotatable bonds is 2. The Bertz CT molecular complexity index is 500. The standard InChI is InChI=1S/C13H12ClFO2/c14-9-3-1-2-8(10(9)15)13(11(16)17)6-12(7-13)4-5-12/h1-3H,4-7H2,(H,16,17). The van der Waals surface area contributed by atoms with Crippen molar-refractivity contribution in [3.05, 3.63) is 34.6 Å². The second kappa shape index (κ2) is 3.22. The lowest BCUT2D eigenvalue weighted by molar-refractivity contribution is -0.151. The van der Waals surface area contributed by atoms with E-state index >= 15 is 0 Å². The van der Waals surface area contributed by atoms with Crippen LogP contribution in [-0.4, -0.2) is 11.1 Å². The van der Waals surface area contributed by atoms with E-state index in [2.05, 4.69) is 0 Å². The Hall–Kier alpha value is -1.09. The number of carboxylic acids is 1. The first-order valence-corrected chi connectivity index (χ1v) is 6.05. The molecular weight excluding hydrogens is 243 g/mol. The number of carbonyl (C=O) groups is 1. The molecule has 0 radical (unpaired) electrons. The van der Waals surface area contributed by atoms with Gasteiger partial charge in [0.05, 0.1) is 10.4 Å². The van der Waals surface area contributed by atoms with E-state index in [0.717, 1.165) is 12.8 Å². The van der Waals surface area contributed by atoms with Crippen LogP contribution in [0.4, 0.5) is 4.39 Å². The molecule has 0 amide bonds. The summed E-state index contributed by atoms with van der Waals surface area (Å²) in [5.41, 5.74) is -0.617. The second-order valence-corrected chi connectivity index (χ2v) is 5.75. The van der Waals surface area contributed by atoms with Gasteiger partial charge in [-0.3, -0.25) is 4.79 Å². The van der Waals surface area contributed by atoms with Crippen LogP contribution in [0.15, 0.2) is 18.2 Å². The number of carboxylic acid groups (broad SMARTS) is 1. The zero-order chi connectivity index (χ0) is 12.3. The zero-order valence-corrected chi connectivity index (χ0v) is 9.93. The average molecular weight is 255 g/mol. The van der Waals surface area contributed by atoms with Crippen LogP contribution in [0.2, 0.25) is 5.02 Å². The summed E-state index contributed by atoms with van der Waals surface area (Å²) in [6.07, 6.45) is 3.24. The van der Waals surface area contributed by atoms with Crippen LogP contribution in [0.5, 0.6) is 0 Å². The molecule has 3 rings (SSSR count). The van der Waals surface area contributed by atoms with Gasteiger partial charge in [0.15, 0.2) is 0 Å². The van der Waals surface area contributed by atoms with Crippen molar-refractivity contribution in [2.24, 2.45) is 5.41 Å². The third kappa shape index (κ3) is 1.41. The van der Waals surface area contributed by atoms with Crippen molar-refractivity contribution in [1.82, 2.24) is 0 Å². The third-order valence-electron chi connectivity index (χ3n) is 4.19. The Labute approximate surface area is 103 Å². The number of hydrogen-bond donors (Lipinski definition) is 1. The Balaban J connectivity index is 2.05. The molecule has 0 bridgehead atoms. The summed E-state index contributed by atoms with van der Waals surface area (Å²) in [7, 11) is 0. The van der Waals surface area contributed by atoms with E-state index in [4.69, 9.17) is 11.6 Å². The Morgan fingerprint density at radius 3 is 2.53 bits per heavy atom. The van der Waals surface area contributed by atoms with Crippen LogP contribution in [0, 0.1) is 11.2 Å². The molecule has 17 heavy (non-hydrogen) atoms. The van der Waals surface area contributed by atoms with Crippen LogP contribution in [0.3, 0.4) is 0 Å². The Morgan fingerprint density at radius 1 is 1.35 bits per heavy atom. The fourth-order valence-electron chi connectivity index (χ4n) is 3.09. The number of halogens is 2. The zero-order valence-electron chi connectivity index (χ0n) is 9.17. The molecule has 0 heterocycles. The largest absolute Gasteiger partial charge is 0.481 e. The molecule has 1 aromatic carbocycles. The van der Waals surface area contributed by atoms with E-state index in [0.29, 0.717) is 12.8 Å². The summed E-state index contributed by atoms with van der Waals surface area (Å²) < 4.78 is 14.0. The van der Waals surface area contributed by atoms with E-state index in [1.54, 1.807) is 12.1 Å². The van der Waals surface area contributed by atoms with E-state index in [1.807, 2.05) is 0 Å². The minimum absolute atomic E-state index is 0.000119. The van der Waals surface area contributed by atoms with Crippen LogP contribution in [0.1, 0.15) is 31.2 Å². The van der Waals surface area contributed by atoms with Gasteiger partial charge in [-0.25, -0.2) is 4.39 Å². The van der Waals surface area contributed by atoms with E-state index in [1.165, 1.54) is 6.07 Å². The summed E-state index contributed by atoms with van der Waals surface area (Å²) >= 11 is 5.72. The predicted molar refractivity (Wildman–Crippen MR) is 61.6 cm³/mol. The Morgan fingerprint density at radius 2 is 2.00 bits per heavy atom. The van der Waals surface area contributed by atoms with E-state index in [9.17, 15) is 14.3 Å². The van der Waals surface area contributed by atoms with Gasteiger partial charge in [-0.1, -0.05) is 23.7 Å². The summed E-state index contributed by atoms with van der Waals surface area (Å²) in [5.74, 6) is -1.51. The smallest absolute Gasteiger partial charge is 0.314 e. The van der Waals surface area contributed by atoms with Gasteiger partial charge in [0, 0.05) is 5.56 Å². The minimum Gasteiger partial charge on any atom is -0.481 e. The van der Waals surface area contributed by atoms with Gasteiger partial charge in [-0.15, -0.1) is 0 Å². The highest BCUT2D eigenvalue weighted by Gasteiger charge is 2.65. The summed E-state index contributed by atoms with van der Waals surface area (Å²) in [5, 5.41) is 9.40. The molecule has 1 aromatic rings. The van der Waals surface area contributed by atoms with Crippen molar-refractivity contribution in [3.63, 3.8) is 0 Å². The first-order chi connectivity index (χ1) is 7.99. The summed E-state index contributed by atoms with van der Waals surface area (Å²) in [6, 6.07) is 4.61. The van der Waals surface area contributed by atoms with Gasteiger partial charge in [-0.2, -0.15) is 0 Å². The van der Waals surface area contributed by atoms with Gasteiger partial charge in [0.25, 0.3) is 0 Å². The molecule has 2 nitrogen and oxygen atoms in total. The number of hydrogen-bond acceptors (Lipinski definition) is 1. The molecule has 2 aliphatic carbocycles. The van der Waals surface area contributed by atoms with Crippen molar-refractivity contribution >= 4 is 17.6 Å². The molecule has 2 aliphatic rings. The lowest BCUT2D eigenvalue weighted by Gasteiger charge is -2.45. The van der Waals surface area contributed by atoms with Gasteiger partial charge < -0.3 is 5.11 Å². The number of aliphatic carboxylic acids is 1. The molecule has 0 saturated heterocycles. The highest BCUT2D eigenvalue weighted by Crippen LogP contribution is 2.69. The lowest BCUT2D eigenvalue weighted by atomic mass is 9.56. The molecule has 1 spiro atoms. The molecule has 2 fully saturated rings. The third-order valence-corrected chi connectivity index (χ3v) is 4.48. The fourth-order valence-corrected chi connectivity index (χ4v) is 3.26. The van der Waals surface area contributed by atoms with Gasteiger partial charge in [0.2, 0.25) is 0 Å². The fraction of sp³-hybridized carbons (Fsp3) is 0.462. The molecule has 4 heteroatoms. The minimum atomic E-state index is -1.05. The maximum absolute atomic E-state index is 14.0. The van der Waals surface area contributed by atoms with E-state index < -0.39 is 17.2 Å². The van der Waals surface area contributed by atoms with Crippen molar-refractivity contribution < 1.29 is 14.3 Å². The van der Waals surface area contributed by atoms with E-state index in [-0.39, 0.29) is 16.0 Å². The summed E-state index contributed by atoms with van der Waals surface area (Å²) in [4.78, 5) is 11.5. The molecule has 2 saturated carbocycles. The predicted octanol–water partition coefficient (Wildman–Crippen LogP) is 3.38. The maximum Gasteiger partial charge on any atom is 0.314 e. The average Bonchev–Trinajstić information content (AvgIpc) is 2.99. The molecule has 0 aliphatic heterocycles. The highest BCUT2D eigenvalue weighted by molar-refractivity contribution is 6.30. The topological polar surface area (TPSA) is 37.3 Å². The quantitative estimate of drug-likeness (QED) is 0.879. The van der Waals surface area contributed by atoms with Crippen molar-refractivity contribution in [2.45, 2.75) is 31.1 Å². The van der Waals surface area contributed by atoms with Gasteiger partial charge >= 0.3 is 5.97 Å². The van der Waals surface area contributed by atoms with Gasteiger partial charge in [-0.05, 0) is 37.2 Å². The van der Waals surface area contributed by atoms with Crippen molar-refractivity contribution in [1.29, 1.82) is 0 Å². The van der Waals surface area contributed by atoms with Crippen molar-refractivity contribution in [3.8, 4) is 0 Å². The van der Waals surface area contributed by atoms with Crippen LogP contribution in [0.25, 0.3) is 0 Å². The molecule has 1 N–H and O–H groups in total.